The number of phenolic OH excluding ortho intramolecular Hbond substituents is 1. The first-order valence-electron chi connectivity index (χ1n) is 9.23. The molecule has 1 aliphatic carbocycles. The largest absolute Gasteiger partial charge is 0.507 e. The number of rotatable bonds is 3. The standard InChI is InChI=1S/C23H24O5/c1-9(2)13-7-8-14(24)20-16(13)11(5)17-15(10(3)4)21(25)19(23(27)28)12(6)18(17)22(20)26/h7-10,24-25H,5H2,1-4,6H3,(H,27,28). The second-order valence-corrected chi connectivity index (χ2v) is 7.86. The minimum atomic E-state index is -1.30. The van der Waals surface area contributed by atoms with Crippen molar-refractivity contribution in [1.82, 2.24) is 0 Å². The number of aromatic hydroxyl groups is 2. The van der Waals surface area contributed by atoms with Gasteiger partial charge in [-0.15, -0.1) is 0 Å². The Morgan fingerprint density at radius 1 is 0.964 bits per heavy atom. The number of fused-ring (bicyclic) bond motifs is 2. The molecule has 0 unspecified atom stereocenters. The van der Waals surface area contributed by atoms with E-state index < -0.39 is 11.8 Å². The number of carboxylic acids is 1. The topological polar surface area (TPSA) is 94.8 Å². The van der Waals surface area contributed by atoms with E-state index in [4.69, 9.17) is 0 Å². The molecule has 5 nitrogen and oxygen atoms in total. The molecule has 3 rings (SSSR count). The van der Waals surface area contributed by atoms with E-state index in [1.165, 1.54) is 13.0 Å². The van der Waals surface area contributed by atoms with Crippen molar-refractivity contribution in [2.45, 2.75) is 46.5 Å². The lowest BCUT2D eigenvalue weighted by Gasteiger charge is -2.30. The van der Waals surface area contributed by atoms with E-state index in [1.54, 1.807) is 6.07 Å². The number of phenols is 2. The summed E-state index contributed by atoms with van der Waals surface area (Å²) in [6.07, 6.45) is 0. The van der Waals surface area contributed by atoms with Gasteiger partial charge in [-0.05, 0) is 41.5 Å². The van der Waals surface area contributed by atoms with Gasteiger partial charge in [-0.3, -0.25) is 4.79 Å². The molecule has 2 aromatic carbocycles. The molecule has 0 aromatic heterocycles. The normalized spacial score (nSPS) is 13.1. The van der Waals surface area contributed by atoms with Crippen LogP contribution < -0.4 is 0 Å². The highest BCUT2D eigenvalue weighted by molar-refractivity contribution is 6.22. The molecular weight excluding hydrogens is 356 g/mol. The van der Waals surface area contributed by atoms with Crippen LogP contribution in [-0.4, -0.2) is 27.1 Å². The first-order valence-corrected chi connectivity index (χ1v) is 9.23. The third kappa shape index (κ3) is 2.53. The molecule has 0 bridgehead atoms. The molecule has 0 amide bonds. The number of aromatic carboxylic acids is 1. The van der Waals surface area contributed by atoms with Crippen molar-refractivity contribution in [1.29, 1.82) is 0 Å². The summed E-state index contributed by atoms with van der Waals surface area (Å²) in [5.41, 5.74) is 3.03. The van der Waals surface area contributed by atoms with Gasteiger partial charge in [0.1, 0.15) is 17.1 Å². The predicted molar refractivity (Wildman–Crippen MR) is 108 cm³/mol. The van der Waals surface area contributed by atoms with Crippen LogP contribution in [0.3, 0.4) is 0 Å². The summed E-state index contributed by atoms with van der Waals surface area (Å²) in [6, 6.07) is 3.26. The van der Waals surface area contributed by atoms with Crippen LogP contribution in [0.25, 0.3) is 5.57 Å². The number of benzene rings is 2. The number of ketones is 1. The van der Waals surface area contributed by atoms with Gasteiger partial charge in [-0.2, -0.15) is 0 Å². The lowest BCUT2D eigenvalue weighted by molar-refractivity contribution is 0.0692. The number of carbonyl (C=O) groups excluding carboxylic acids is 1. The summed E-state index contributed by atoms with van der Waals surface area (Å²) in [5.74, 6) is -2.40. The zero-order valence-corrected chi connectivity index (χ0v) is 16.7. The van der Waals surface area contributed by atoms with Gasteiger partial charge in [0, 0.05) is 22.3 Å². The van der Waals surface area contributed by atoms with E-state index >= 15 is 0 Å². The zero-order chi connectivity index (χ0) is 21.1. The van der Waals surface area contributed by atoms with Crippen molar-refractivity contribution in [3.8, 4) is 11.5 Å². The average molecular weight is 380 g/mol. The smallest absolute Gasteiger partial charge is 0.339 e. The maximum absolute atomic E-state index is 13.5. The molecule has 0 saturated heterocycles. The summed E-state index contributed by atoms with van der Waals surface area (Å²) in [5, 5.41) is 30.9. The molecule has 0 heterocycles. The number of carbonyl (C=O) groups is 2. The fourth-order valence-corrected chi connectivity index (χ4v) is 4.19. The molecule has 0 radical (unpaired) electrons. The van der Waals surface area contributed by atoms with Gasteiger partial charge in [-0.25, -0.2) is 4.79 Å². The average Bonchev–Trinajstić information content (AvgIpc) is 2.57. The third-order valence-corrected chi connectivity index (χ3v) is 5.45. The second-order valence-electron chi connectivity index (χ2n) is 7.86. The Morgan fingerprint density at radius 2 is 1.57 bits per heavy atom. The minimum absolute atomic E-state index is 0.0796. The minimum Gasteiger partial charge on any atom is -0.507 e. The summed E-state index contributed by atoms with van der Waals surface area (Å²) < 4.78 is 0. The Hall–Kier alpha value is -3.08. The van der Waals surface area contributed by atoms with E-state index in [1.807, 2.05) is 27.7 Å². The van der Waals surface area contributed by atoms with E-state index in [9.17, 15) is 24.9 Å². The SMILES string of the molecule is C=C1c2c(C(C)C)ccc(O)c2C(=O)c2c(C)c(C(=O)O)c(O)c(C(C)C)c21. The van der Waals surface area contributed by atoms with Crippen LogP contribution >= 0.6 is 0 Å². The van der Waals surface area contributed by atoms with Gasteiger partial charge >= 0.3 is 5.97 Å². The van der Waals surface area contributed by atoms with Crippen molar-refractivity contribution in [2.75, 3.05) is 0 Å². The summed E-state index contributed by atoms with van der Waals surface area (Å²) >= 11 is 0. The van der Waals surface area contributed by atoms with Crippen LogP contribution in [0.1, 0.15) is 93.6 Å². The van der Waals surface area contributed by atoms with E-state index in [0.29, 0.717) is 22.3 Å². The van der Waals surface area contributed by atoms with Crippen LogP contribution in [0.4, 0.5) is 0 Å². The molecule has 5 heteroatoms. The van der Waals surface area contributed by atoms with Crippen molar-refractivity contribution in [3.05, 3.63) is 63.2 Å². The highest BCUT2D eigenvalue weighted by Gasteiger charge is 2.38. The molecule has 0 spiro atoms. The molecular formula is C23H24O5. The lowest BCUT2D eigenvalue weighted by Crippen LogP contribution is -2.22. The van der Waals surface area contributed by atoms with Crippen molar-refractivity contribution in [2.24, 2.45) is 0 Å². The van der Waals surface area contributed by atoms with Crippen LogP contribution in [0, 0.1) is 6.92 Å². The lowest BCUT2D eigenvalue weighted by atomic mass is 9.72. The number of carboxylic acid groups (broad SMARTS) is 1. The van der Waals surface area contributed by atoms with E-state index in [0.717, 1.165) is 5.56 Å². The fraction of sp³-hybridized carbons (Fsp3) is 0.304. The Morgan fingerprint density at radius 3 is 2.07 bits per heavy atom. The van der Waals surface area contributed by atoms with Gasteiger partial charge in [0.25, 0.3) is 0 Å². The molecule has 146 valence electrons. The Balaban J connectivity index is 2.54. The summed E-state index contributed by atoms with van der Waals surface area (Å²) in [7, 11) is 0. The third-order valence-electron chi connectivity index (χ3n) is 5.45. The van der Waals surface area contributed by atoms with Crippen LogP contribution in [0.2, 0.25) is 0 Å². The van der Waals surface area contributed by atoms with Crippen LogP contribution in [0.5, 0.6) is 11.5 Å². The van der Waals surface area contributed by atoms with Gasteiger partial charge in [0.05, 0.1) is 5.56 Å². The molecule has 0 aliphatic heterocycles. The fourth-order valence-electron chi connectivity index (χ4n) is 4.19. The molecule has 28 heavy (non-hydrogen) atoms. The molecule has 0 atom stereocenters. The van der Waals surface area contributed by atoms with Gasteiger partial charge < -0.3 is 15.3 Å². The Labute approximate surface area is 164 Å². The van der Waals surface area contributed by atoms with Crippen molar-refractivity contribution in [3.63, 3.8) is 0 Å². The second kappa shape index (κ2) is 6.51. The Kier molecular flexibility index (Phi) is 4.58. The number of hydrogen-bond acceptors (Lipinski definition) is 4. The van der Waals surface area contributed by atoms with Crippen LogP contribution in [0.15, 0.2) is 18.7 Å². The first-order chi connectivity index (χ1) is 13.0. The van der Waals surface area contributed by atoms with E-state index in [2.05, 4.69) is 6.58 Å². The molecule has 1 aliphatic rings. The Bertz CT molecular complexity index is 1060. The zero-order valence-electron chi connectivity index (χ0n) is 16.7. The molecule has 2 aromatic rings. The molecule has 0 saturated carbocycles. The predicted octanol–water partition coefficient (Wildman–Crippen LogP) is 4.96. The van der Waals surface area contributed by atoms with Crippen molar-refractivity contribution >= 4 is 17.3 Å². The van der Waals surface area contributed by atoms with Crippen LogP contribution in [-0.2, 0) is 0 Å². The maximum Gasteiger partial charge on any atom is 0.339 e. The first kappa shape index (κ1) is 19.7. The van der Waals surface area contributed by atoms with Gasteiger partial charge in [0.15, 0.2) is 5.78 Å². The maximum atomic E-state index is 13.5. The monoisotopic (exact) mass is 380 g/mol. The molecule has 3 N–H and O–H groups in total. The number of hydrogen-bond donors (Lipinski definition) is 3. The van der Waals surface area contributed by atoms with Gasteiger partial charge in [0.2, 0.25) is 0 Å². The van der Waals surface area contributed by atoms with Crippen molar-refractivity contribution < 1.29 is 24.9 Å². The summed E-state index contributed by atoms with van der Waals surface area (Å²) in [4.78, 5) is 25.3. The highest BCUT2D eigenvalue weighted by atomic mass is 16.4. The summed E-state index contributed by atoms with van der Waals surface area (Å²) in [6.45, 7) is 13.3. The molecule has 0 fully saturated rings. The van der Waals surface area contributed by atoms with E-state index in [-0.39, 0.29) is 45.6 Å². The quantitative estimate of drug-likeness (QED) is 0.597. The highest BCUT2D eigenvalue weighted by Crippen LogP contribution is 2.49. The van der Waals surface area contributed by atoms with Gasteiger partial charge in [-0.1, -0.05) is 40.3 Å².